The fourth-order valence-corrected chi connectivity index (χ4v) is 3.33. The Morgan fingerprint density at radius 2 is 1.91 bits per heavy atom. The Kier molecular flexibility index (Phi) is 6.15. The van der Waals surface area contributed by atoms with E-state index in [9.17, 15) is 13.2 Å². The van der Waals surface area contributed by atoms with Crippen LogP contribution in [0.3, 0.4) is 0 Å². The van der Waals surface area contributed by atoms with Crippen molar-refractivity contribution >= 4 is 15.9 Å². The number of benzene rings is 1. The van der Waals surface area contributed by atoms with Gasteiger partial charge in [0.05, 0.1) is 19.5 Å². The van der Waals surface area contributed by atoms with Crippen LogP contribution in [0.4, 0.5) is 0 Å². The van der Waals surface area contributed by atoms with Crippen LogP contribution in [0.2, 0.25) is 0 Å². The molecule has 0 N–H and O–H groups in total. The van der Waals surface area contributed by atoms with Gasteiger partial charge in [0, 0.05) is 32.6 Å². The van der Waals surface area contributed by atoms with Gasteiger partial charge in [0.1, 0.15) is 0 Å². The van der Waals surface area contributed by atoms with Crippen molar-refractivity contribution in [3.05, 3.63) is 35.4 Å². The summed E-state index contributed by atoms with van der Waals surface area (Å²) in [5, 5.41) is 0. The summed E-state index contributed by atoms with van der Waals surface area (Å²) in [7, 11) is -3.37. The summed E-state index contributed by atoms with van der Waals surface area (Å²) in [6.07, 6.45) is 1.38. The lowest BCUT2D eigenvalue weighted by atomic mass is 10.1. The molecule has 0 spiro atoms. The highest BCUT2D eigenvalue weighted by atomic mass is 32.2. The zero-order valence-electron chi connectivity index (χ0n) is 13.7. The Hall–Kier alpha value is -1.44. The molecule has 1 saturated heterocycles. The van der Waals surface area contributed by atoms with E-state index < -0.39 is 10.0 Å². The van der Waals surface area contributed by atoms with E-state index in [4.69, 9.17) is 4.74 Å². The van der Waals surface area contributed by atoms with Crippen molar-refractivity contribution < 1.29 is 17.9 Å². The van der Waals surface area contributed by atoms with Gasteiger partial charge in [-0.15, -0.1) is 0 Å². The topological polar surface area (TPSA) is 66.9 Å². The number of rotatable bonds is 6. The van der Waals surface area contributed by atoms with Gasteiger partial charge in [-0.25, -0.2) is 8.42 Å². The van der Waals surface area contributed by atoms with Gasteiger partial charge < -0.3 is 9.64 Å². The monoisotopic (exact) mass is 340 g/mol. The third-order valence-electron chi connectivity index (χ3n) is 4.02. The molecule has 2 rings (SSSR count). The van der Waals surface area contributed by atoms with Crippen molar-refractivity contribution in [1.82, 2.24) is 9.21 Å². The molecule has 1 aliphatic heterocycles. The normalized spacial score (nSPS) is 15.9. The molecule has 1 fully saturated rings. The van der Waals surface area contributed by atoms with Crippen LogP contribution in [0, 0.1) is 6.92 Å². The van der Waals surface area contributed by atoms with Gasteiger partial charge in [-0.3, -0.25) is 4.79 Å². The number of amides is 1. The van der Waals surface area contributed by atoms with Crippen molar-refractivity contribution in [3.63, 3.8) is 0 Å². The Balaban J connectivity index is 1.99. The maximum atomic E-state index is 12.2. The molecule has 1 amide bonds. The summed E-state index contributed by atoms with van der Waals surface area (Å²) in [6.45, 7) is 4.69. The smallest absolute Gasteiger partial charge is 0.224 e. The average molecular weight is 340 g/mol. The maximum absolute atomic E-state index is 12.2. The highest BCUT2D eigenvalue weighted by Crippen LogP contribution is 2.14. The van der Waals surface area contributed by atoms with Crippen LogP contribution in [0.5, 0.6) is 0 Å². The lowest BCUT2D eigenvalue weighted by Crippen LogP contribution is -2.42. The number of nitrogens with zero attached hydrogens (tertiary/aromatic N) is 2. The minimum absolute atomic E-state index is 0.0215. The summed E-state index contributed by atoms with van der Waals surface area (Å²) in [5.41, 5.74) is 2.00. The Morgan fingerprint density at radius 3 is 2.52 bits per heavy atom. The van der Waals surface area contributed by atoms with E-state index >= 15 is 0 Å². The molecule has 23 heavy (non-hydrogen) atoms. The molecule has 0 bridgehead atoms. The molecule has 1 heterocycles. The number of morpholine rings is 1. The SMILES string of the molecule is Cc1ccccc1CN(CCC(=O)N1CCOCC1)S(C)(=O)=O. The Bertz CT molecular complexity index is 639. The molecule has 0 radical (unpaired) electrons. The quantitative estimate of drug-likeness (QED) is 0.775. The first-order valence-corrected chi connectivity index (χ1v) is 9.58. The second-order valence-electron chi connectivity index (χ2n) is 5.77. The van der Waals surface area contributed by atoms with Crippen molar-refractivity contribution in [1.29, 1.82) is 0 Å². The van der Waals surface area contributed by atoms with Crippen LogP contribution >= 0.6 is 0 Å². The first-order chi connectivity index (χ1) is 10.9. The van der Waals surface area contributed by atoms with Crippen LogP contribution in [0.25, 0.3) is 0 Å². The summed E-state index contributed by atoms with van der Waals surface area (Å²) in [5.74, 6) is -0.0215. The fraction of sp³-hybridized carbons (Fsp3) is 0.562. The van der Waals surface area contributed by atoms with E-state index in [1.54, 1.807) is 4.90 Å². The fourth-order valence-electron chi connectivity index (χ4n) is 2.53. The van der Waals surface area contributed by atoms with Crippen molar-refractivity contribution in [2.45, 2.75) is 19.9 Å². The zero-order valence-corrected chi connectivity index (χ0v) is 14.5. The largest absolute Gasteiger partial charge is 0.378 e. The van der Waals surface area contributed by atoms with Gasteiger partial charge in [-0.1, -0.05) is 24.3 Å². The van der Waals surface area contributed by atoms with Gasteiger partial charge in [-0.05, 0) is 18.1 Å². The third-order valence-corrected chi connectivity index (χ3v) is 5.27. The number of sulfonamides is 1. The number of ether oxygens (including phenoxy) is 1. The molecule has 7 heteroatoms. The van der Waals surface area contributed by atoms with Gasteiger partial charge in [0.2, 0.25) is 15.9 Å². The van der Waals surface area contributed by atoms with E-state index in [1.807, 2.05) is 31.2 Å². The third kappa shape index (κ3) is 5.30. The number of hydrogen-bond acceptors (Lipinski definition) is 4. The summed E-state index contributed by atoms with van der Waals surface area (Å²) < 4.78 is 30.6. The molecule has 0 unspecified atom stereocenters. The average Bonchev–Trinajstić information content (AvgIpc) is 2.52. The second kappa shape index (κ2) is 7.90. The molecule has 0 aromatic heterocycles. The van der Waals surface area contributed by atoms with Gasteiger partial charge >= 0.3 is 0 Å². The lowest BCUT2D eigenvalue weighted by molar-refractivity contribution is -0.135. The Labute approximate surface area is 138 Å². The molecule has 0 saturated carbocycles. The van der Waals surface area contributed by atoms with Crippen molar-refractivity contribution in [3.8, 4) is 0 Å². The molecular weight excluding hydrogens is 316 g/mol. The molecule has 6 nitrogen and oxygen atoms in total. The first-order valence-electron chi connectivity index (χ1n) is 7.73. The first kappa shape index (κ1) is 17.9. The van der Waals surface area contributed by atoms with Crippen molar-refractivity contribution in [2.24, 2.45) is 0 Å². The number of aryl methyl sites for hydroxylation is 1. The number of carbonyl (C=O) groups is 1. The minimum atomic E-state index is -3.37. The van der Waals surface area contributed by atoms with E-state index in [0.717, 1.165) is 11.1 Å². The highest BCUT2D eigenvalue weighted by molar-refractivity contribution is 7.88. The van der Waals surface area contributed by atoms with E-state index in [0.29, 0.717) is 32.8 Å². The van der Waals surface area contributed by atoms with E-state index in [-0.39, 0.29) is 18.9 Å². The van der Waals surface area contributed by atoms with E-state index in [1.165, 1.54) is 10.6 Å². The lowest BCUT2D eigenvalue weighted by Gasteiger charge is -2.28. The molecule has 1 aliphatic rings. The molecule has 0 aliphatic carbocycles. The van der Waals surface area contributed by atoms with Crippen LogP contribution in [-0.2, 0) is 26.1 Å². The minimum Gasteiger partial charge on any atom is -0.378 e. The Morgan fingerprint density at radius 1 is 1.26 bits per heavy atom. The predicted octanol–water partition coefficient (Wildman–Crippen LogP) is 1.01. The maximum Gasteiger partial charge on any atom is 0.224 e. The number of hydrogen-bond donors (Lipinski definition) is 0. The highest BCUT2D eigenvalue weighted by Gasteiger charge is 2.22. The van der Waals surface area contributed by atoms with Crippen LogP contribution < -0.4 is 0 Å². The zero-order chi connectivity index (χ0) is 16.9. The van der Waals surface area contributed by atoms with Gasteiger partial charge in [0.25, 0.3) is 0 Å². The predicted molar refractivity (Wildman–Crippen MR) is 88.4 cm³/mol. The summed E-state index contributed by atoms with van der Waals surface area (Å²) >= 11 is 0. The molecular formula is C16H24N2O4S. The van der Waals surface area contributed by atoms with Gasteiger partial charge in [-0.2, -0.15) is 4.31 Å². The second-order valence-corrected chi connectivity index (χ2v) is 7.75. The molecule has 128 valence electrons. The van der Waals surface area contributed by atoms with Crippen molar-refractivity contribution in [2.75, 3.05) is 39.1 Å². The van der Waals surface area contributed by atoms with E-state index in [2.05, 4.69) is 0 Å². The standard InChI is InChI=1S/C16H24N2O4S/c1-14-5-3-4-6-15(14)13-18(23(2,20)21)8-7-16(19)17-9-11-22-12-10-17/h3-6H,7-13H2,1-2H3. The molecule has 1 aromatic rings. The van der Waals surface area contributed by atoms with Gasteiger partial charge in [0.15, 0.2) is 0 Å². The summed E-state index contributed by atoms with van der Waals surface area (Å²) in [4.78, 5) is 13.9. The molecule has 1 aromatic carbocycles. The van der Waals surface area contributed by atoms with Crippen LogP contribution in [0.15, 0.2) is 24.3 Å². The summed E-state index contributed by atoms with van der Waals surface area (Å²) in [6, 6.07) is 7.68. The van der Waals surface area contributed by atoms with Crippen LogP contribution in [-0.4, -0.2) is 62.6 Å². The number of carbonyl (C=O) groups excluding carboxylic acids is 1. The van der Waals surface area contributed by atoms with Crippen LogP contribution in [0.1, 0.15) is 17.5 Å². The molecule has 0 atom stereocenters.